The number of carbonyl (C=O) groups excluding carboxylic acids is 1. The van der Waals surface area contributed by atoms with Gasteiger partial charge in [0.15, 0.2) is 0 Å². The molecule has 3 heterocycles. The fourth-order valence-corrected chi connectivity index (χ4v) is 3.05. The molecule has 128 valence electrons. The molecule has 1 N–H and O–H groups in total. The van der Waals surface area contributed by atoms with E-state index >= 15 is 0 Å². The number of imidazole rings is 1. The first-order valence-corrected chi connectivity index (χ1v) is 8.40. The number of rotatable bonds is 5. The van der Waals surface area contributed by atoms with Gasteiger partial charge < -0.3 is 14.6 Å². The van der Waals surface area contributed by atoms with E-state index in [1.807, 2.05) is 37.6 Å². The molecule has 0 spiro atoms. The quantitative estimate of drug-likeness (QED) is 0.910. The van der Waals surface area contributed by atoms with Gasteiger partial charge in [0, 0.05) is 37.3 Å². The van der Waals surface area contributed by atoms with Gasteiger partial charge in [-0.3, -0.25) is 4.79 Å². The largest absolute Gasteiger partial charge is 0.369 e. The summed E-state index contributed by atoms with van der Waals surface area (Å²) in [5, 5.41) is 2.92. The van der Waals surface area contributed by atoms with Gasteiger partial charge in [0.2, 0.25) is 5.91 Å². The summed E-state index contributed by atoms with van der Waals surface area (Å²) in [6, 6.07) is 1.82. The van der Waals surface area contributed by atoms with E-state index in [2.05, 4.69) is 20.3 Å². The van der Waals surface area contributed by atoms with E-state index < -0.39 is 0 Å². The second-order valence-electron chi connectivity index (χ2n) is 5.89. The van der Waals surface area contributed by atoms with E-state index in [1.165, 1.54) is 0 Å². The first-order valence-electron chi connectivity index (χ1n) is 8.40. The molecule has 1 fully saturated rings. The normalized spacial score (nSPS) is 20.3. The lowest BCUT2D eigenvalue weighted by atomic mass is 10.00. The van der Waals surface area contributed by atoms with Crippen molar-refractivity contribution in [3.05, 3.63) is 35.8 Å². The van der Waals surface area contributed by atoms with Crippen molar-refractivity contribution < 1.29 is 9.53 Å². The number of anilines is 1. The molecular formula is C17H23N5O2. The predicted molar refractivity (Wildman–Crippen MR) is 89.5 cm³/mol. The fourth-order valence-electron chi connectivity index (χ4n) is 3.05. The Labute approximate surface area is 141 Å². The van der Waals surface area contributed by atoms with Crippen molar-refractivity contribution in [2.45, 2.75) is 46.3 Å². The third-order valence-electron chi connectivity index (χ3n) is 4.28. The van der Waals surface area contributed by atoms with Crippen LogP contribution in [0.5, 0.6) is 0 Å². The average Bonchev–Trinajstić information content (AvgIpc) is 3.22. The van der Waals surface area contributed by atoms with Gasteiger partial charge in [0.25, 0.3) is 0 Å². The van der Waals surface area contributed by atoms with Crippen molar-refractivity contribution in [3.63, 3.8) is 0 Å². The fraction of sp³-hybridized carbons (Fsp3) is 0.529. The van der Waals surface area contributed by atoms with Crippen LogP contribution in [0, 0.1) is 12.8 Å². The number of nitrogens with one attached hydrogen (secondary N) is 1. The third-order valence-corrected chi connectivity index (χ3v) is 4.28. The molecule has 24 heavy (non-hydrogen) atoms. The molecule has 0 aliphatic carbocycles. The number of aryl methyl sites for hydroxylation is 3. The van der Waals surface area contributed by atoms with Gasteiger partial charge in [-0.1, -0.05) is 6.92 Å². The van der Waals surface area contributed by atoms with E-state index in [1.54, 1.807) is 6.20 Å². The predicted octanol–water partition coefficient (Wildman–Crippen LogP) is 2.28. The SMILES string of the molecule is CCc1cc(NC(=O)[C@@H]2CCO[C@H]2c2nccn2CC)nc(C)n1. The highest BCUT2D eigenvalue weighted by Crippen LogP contribution is 2.34. The Morgan fingerprint density at radius 1 is 1.42 bits per heavy atom. The lowest BCUT2D eigenvalue weighted by Crippen LogP contribution is -2.27. The minimum Gasteiger partial charge on any atom is -0.369 e. The van der Waals surface area contributed by atoms with Crippen LogP contribution < -0.4 is 5.32 Å². The summed E-state index contributed by atoms with van der Waals surface area (Å²) < 4.78 is 7.82. The molecule has 0 aromatic carbocycles. The van der Waals surface area contributed by atoms with Crippen LogP contribution in [0.3, 0.4) is 0 Å². The molecule has 2 aromatic rings. The van der Waals surface area contributed by atoms with E-state index in [-0.39, 0.29) is 17.9 Å². The number of carbonyl (C=O) groups is 1. The van der Waals surface area contributed by atoms with Gasteiger partial charge in [-0.25, -0.2) is 15.0 Å². The maximum Gasteiger partial charge on any atom is 0.231 e. The molecule has 0 unspecified atom stereocenters. The molecule has 2 atom stereocenters. The molecule has 1 aliphatic heterocycles. The number of hydrogen-bond donors (Lipinski definition) is 1. The smallest absolute Gasteiger partial charge is 0.231 e. The van der Waals surface area contributed by atoms with Crippen molar-refractivity contribution in [1.29, 1.82) is 0 Å². The number of amides is 1. The number of hydrogen-bond acceptors (Lipinski definition) is 5. The molecular weight excluding hydrogens is 306 g/mol. The monoisotopic (exact) mass is 329 g/mol. The van der Waals surface area contributed by atoms with Gasteiger partial charge in [-0.05, 0) is 26.7 Å². The molecule has 1 saturated heterocycles. The summed E-state index contributed by atoms with van der Waals surface area (Å²) in [4.78, 5) is 25.8. The number of ether oxygens (including phenoxy) is 1. The summed E-state index contributed by atoms with van der Waals surface area (Å²) in [5.74, 6) is 1.67. The van der Waals surface area contributed by atoms with E-state index in [0.717, 1.165) is 24.5 Å². The van der Waals surface area contributed by atoms with Crippen molar-refractivity contribution >= 4 is 11.7 Å². The topological polar surface area (TPSA) is 81.9 Å². The Hall–Kier alpha value is -2.28. The lowest BCUT2D eigenvalue weighted by molar-refractivity contribution is -0.121. The molecule has 3 rings (SSSR count). The standard InChI is InChI=1S/C17H23N5O2/c1-4-12-10-14(20-11(3)19-12)21-17(23)13-6-9-24-15(13)16-18-7-8-22(16)5-2/h7-8,10,13,15H,4-6,9H2,1-3H3,(H,19,20,21,23)/t13-,15-/m1/s1. The highest BCUT2D eigenvalue weighted by Gasteiger charge is 2.37. The second kappa shape index (κ2) is 7.09. The van der Waals surface area contributed by atoms with Crippen LogP contribution in [0.25, 0.3) is 0 Å². The van der Waals surface area contributed by atoms with Gasteiger partial charge >= 0.3 is 0 Å². The Morgan fingerprint density at radius 2 is 2.25 bits per heavy atom. The van der Waals surface area contributed by atoms with Crippen molar-refractivity contribution in [1.82, 2.24) is 19.5 Å². The van der Waals surface area contributed by atoms with Gasteiger partial charge in [-0.15, -0.1) is 0 Å². The maximum absolute atomic E-state index is 12.7. The summed E-state index contributed by atoms with van der Waals surface area (Å²) in [6.07, 6.45) is 4.82. The number of aromatic nitrogens is 4. The molecule has 1 amide bonds. The molecule has 0 saturated carbocycles. The first kappa shape index (κ1) is 16.6. The van der Waals surface area contributed by atoms with Gasteiger partial charge in [0.1, 0.15) is 23.6 Å². The molecule has 7 heteroatoms. The maximum atomic E-state index is 12.7. The van der Waals surface area contributed by atoms with Crippen LogP contribution in [-0.2, 0) is 22.5 Å². The van der Waals surface area contributed by atoms with Crippen molar-refractivity contribution in [2.24, 2.45) is 5.92 Å². The van der Waals surface area contributed by atoms with Gasteiger partial charge in [-0.2, -0.15) is 0 Å². The van der Waals surface area contributed by atoms with Crippen LogP contribution in [0.15, 0.2) is 18.5 Å². The van der Waals surface area contributed by atoms with E-state index in [0.29, 0.717) is 24.7 Å². The molecule has 0 radical (unpaired) electrons. The van der Waals surface area contributed by atoms with Crippen molar-refractivity contribution in [2.75, 3.05) is 11.9 Å². The minimum absolute atomic E-state index is 0.0803. The third kappa shape index (κ3) is 3.31. The average molecular weight is 329 g/mol. The van der Waals surface area contributed by atoms with Crippen LogP contribution in [0.4, 0.5) is 5.82 Å². The zero-order valence-corrected chi connectivity index (χ0v) is 14.3. The first-order chi connectivity index (χ1) is 11.6. The second-order valence-corrected chi connectivity index (χ2v) is 5.89. The molecule has 1 aliphatic rings. The van der Waals surface area contributed by atoms with Crippen molar-refractivity contribution in [3.8, 4) is 0 Å². The highest BCUT2D eigenvalue weighted by atomic mass is 16.5. The lowest BCUT2D eigenvalue weighted by Gasteiger charge is -2.18. The summed E-state index contributed by atoms with van der Waals surface area (Å²) in [6.45, 7) is 7.26. The molecule has 7 nitrogen and oxygen atoms in total. The van der Waals surface area contributed by atoms with Crippen LogP contribution in [0.1, 0.15) is 43.7 Å². The molecule has 0 bridgehead atoms. The zero-order chi connectivity index (χ0) is 17.1. The summed E-state index contributed by atoms with van der Waals surface area (Å²) in [7, 11) is 0. The Bertz CT molecular complexity index is 728. The molecule has 2 aromatic heterocycles. The Kier molecular flexibility index (Phi) is 4.89. The van der Waals surface area contributed by atoms with Gasteiger partial charge in [0.05, 0.1) is 5.92 Å². The highest BCUT2D eigenvalue weighted by molar-refractivity contribution is 5.92. The Balaban J connectivity index is 1.78. The van der Waals surface area contributed by atoms with E-state index in [4.69, 9.17) is 4.74 Å². The summed E-state index contributed by atoms with van der Waals surface area (Å²) in [5.41, 5.74) is 0.915. The minimum atomic E-state index is -0.312. The number of nitrogens with zero attached hydrogens (tertiary/aromatic N) is 4. The van der Waals surface area contributed by atoms with Crippen LogP contribution >= 0.6 is 0 Å². The zero-order valence-electron chi connectivity index (χ0n) is 14.3. The Morgan fingerprint density at radius 3 is 3.00 bits per heavy atom. The van der Waals surface area contributed by atoms with Crippen LogP contribution in [0.2, 0.25) is 0 Å². The van der Waals surface area contributed by atoms with E-state index in [9.17, 15) is 4.79 Å². The van der Waals surface area contributed by atoms with Crippen LogP contribution in [-0.4, -0.2) is 32.0 Å². The summed E-state index contributed by atoms with van der Waals surface area (Å²) >= 11 is 0.